The van der Waals surface area contributed by atoms with Crippen LogP contribution in [0, 0.1) is 5.82 Å². The molecule has 2 aromatic rings. The molecule has 24 heavy (non-hydrogen) atoms. The van der Waals surface area contributed by atoms with E-state index < -0.39 is 5.82 Å². The number of ether oxygens (including phenoxy) is 1. The Morgan fingerprint density at radius 3 is 2.96 bits per heavy atom. The Balaban J connectivity index is 2.05. The van der Waals surface area contributed by atoms with Crippen LogP contribution in [-0.2, 0) is 17.9 Å². The van der Waals surface area contributed by atoms with Crippen molar-refractivity contribution in [3.05, 3.63) is 48.6 Å². The van der Waals surface area contributed by atoms with Crippen LogP contribution in [-0.4, -0.2) is 33.0 Å². The summed E-state index contributed by atoms with van der Waals surface area (Å²) in [6.07, 6.45) is 1.70. The zero-order valence-corrected chi connectivity index (χ0v) is 14.2. The molecule has 0 saturated heterocycles. The van der Waals surface area contributed by atoms with E-state index in [4.69, 9.17) is 4.74 Å². The van der Waals surface area contributed by atoms with E-state index >= 15 is 0 Å². The van der Waals surface area contributed by atoms with Crippen LogP contribution < -0.4 is 10.1 Å². The predicted octanol–water partition coefficient (Wildman–Crippen LogP) is 2.41. The summed E-state index contributed by atoms with van der Waals surface area (Å²) in [6.45, 7) is 6.70. The van der Waals surface area contributed by atoms with Crippen LogP contribution in [0.3, 0.4) is 0 Å². The third kappa shape index (κ3) is 4.82. The number of para-hydroxylation sites is 1. The zero-order chi connectivity index (χ0) is 17.4. The highest BCUT2D eigenvalue weighted by atomic mass is 32.2. The van der Waals surface area contributed by atoms with E-state index in [2.05, 4.69) is 22.1 Å². The molecule has 1 amide bonds. The molecule has 1 heterocycles. The van der Waals surface area contributed by atoms with Gasteiger partial charge < -0.3 is 10.1 Å². The van der Waals surface area contributed by atoms with Gasteiger partial charge >= 0.3 is 0 Å². The molecule has 0 aliphatic rings. The summed E-state index contributed by atoms with van der Waals surface area (Å²) in [5.74, 6) is 0.439. The van der Waals surface area contributed by atoms with Crippen molar-refractivity contribution in [3.63, 3.8) is 0 Å². The lowest BCUT2D eigenvalue weighted by Gasteiger charge is -2.09. The molecule has 0 aliphatic heterocycles. The number of allylic oxidation sites excluding steroid dienone is 1. The number of thioether (sulfide) groups is 1. The Morgan fingerprint density at radius 2 is 2.25 bits per heavy atom. The molecule has 8 heteroatoms. The van der Waals surface area contributed by atoms with Crippen molar-refractivity contribution >= 4 is 17.7 Å². The van der Waals surface area contributed by atoms with Gasteiger partial charge in [-0.1, -0.05) is 30.0 Å². The predicted molar refractivity (Wildman–Crippen MR) is 90.4 cm³/mol. The second-order valence-electron chi connectivity index (χ2n) is 4.76. The molecule has 0 spiro atoms. The number of hydrogen-bond acceptors (Lipinski definition) is 5. The van der Waals surface area contributed by atoms with Gasteiger partial charge in [-0.05, 0) is 19.1 Å². The van der Waals surface area contributed by atoms with E-state index in [0.717, 1.165) is 0 Å². The summed E-state index contributed by atoms with van der Waals surface area (Å²) in [5.41, 5.74) is 0. The molecule has 0 fully saturated rings. The smallest absolute Gasteiger partial charge is 0.230 e. The van der Waals surface area contributed by atoms with E-state index in [1.807, 2.05) is 6.92 Å². The Morgan fingerprint density at radius 1 is 1.46 bits per heavy atom. The van der Waals surface area contributed by atoms with Crippen LogP contribution in [0.5, 0.6) is 5.75 Å². The molecule has 0 saturated carbocycles. The molecule has 2 rings (SSSR count). The van der Waals surface area contributed by atoms with Crippen LogP contribution in [0.15, 0.2) is 42.1 Å². The summed E-state index contributed by atoms with van der Waals surface area (Å²) in [4.78, 5) is 11.6. The van der Waals surface area contributed by atoms with Crippen molar-refractivity contribution in [3.8, 4) is 5.75 Å². The Kier molecular flexibility index (Phi) is 6.80. The maximum absolute atomic E-state index is 13.6. The minimum atomic E-state index is -0.432. The first-order valence-corrected chi connectivity index (χ1v) is 8.44. The van der Waals surface area contributed by atoms with Crippen molar-refractivity contribution in [2.45, 2.75) is 25.2 Å². The van der Waals surface area contributed by atoms with Crippen molar-refractivity contribution in [2.75, 3.05) is 12.3 Å². The standard InChI is InChI=1S/C16H19FN4O2S/c1-3-9-21-14(10-23-13-8-6-5-7-12(13)17)19-20-16(21)24-11-15(22)18-4-2/h3,5-8H,1,4,9-11H2,2H3,(H,18,22). The van der Waals surface area contributed by atoms with Crippen molar-refractivity contribution in [1.82, 2.24) is 20.1 Å². The largest absolute Gasteiger partial charge is 0.483 e. The molecule has 1 aromatic heterocycles. The topological polar surface area (TPSA) is 69.0 Å². The number of hydrogen-bond donors (Lipinski definition) is 1. The third-order valence-corrected chi connectivity index (χ3v) is 3.97. The fourth-order valence-electron chi connectivity index (χ4n) is 1.93. The molecule has 0 atom stereocenters. The average Bonchev–Trinajstić information content (AvgIpc) is 2.95. The summed E-state index contributed by atoms with van der Waals surface area (Å²) in [7, 11) is 0. The van der Waals surface area contributed by atoms with Gasteiger partial charge in [0.15, 0.2) is 22.5 Å². The zero-order valence-electron chi connectivity index (χ0n) is 13.4. The SMILES string of the molecule is C=CCn1c(COc2ccccc2F)nnc1SCC(=O)NCC. The van der Waals surface area contributed by atoms with Gasteiger partial charge in [-0.15, -0.1) is 16.8 Å². The summed E-state index contributed by atoms with van der Waals surface area (Å²) >= 11 is 1.28. The lowest BCUT2D eigenvalue weighted by molar-refractivity contribution is -0.118. The first kappa shape index (κ1) is 18.0. The Labute approximate surface area is 144 Å². The summed E-state index contributed by atoms with van der Waals surface area (Å²) in [5, 5.41) is 11.5. The molecule has 0 radical (unpaired) electrons. The van der Waals surface area contributed by atoms with Gasteiger partial charge in [-0.3, -0.25) is 9.36 Å². The Bertz CT molecular complexity index is 705. The second-order valence-corrected chi connectivity index (χ2v) is 5.70. The maximum atomic E-state index is 13.6. The summed E-state index contributed by atoms with van der Waals surface area (Å²) < 4.78 is 20.9. The highest BCUT2D eigenvalue weighted by Crippen LogP contribution is 2.20. The average molecular weight is 350 g/mol. The highest BCUT2D eigenvalue weighted by Gasteiger charge is 2.14. The number of amides is 1. The van der Waals surface area contributed by atoms with E-state index in [9.17, 15) is 9.18 Å². The van der Waals surface area contributed by atoms with E-state index in [0.29, 0.717) is 24.1 Å². The van der Waals surface area contributed by atoms with Crippen molar-refractivity contribution in [2.24, 2.45) is 0 Å². The van der Waals surface area contributed by atoms with Crippen LogP contribution >= 0.6 is 11.8 Å². The molecule has 128 valence electrons. The maximum Gasteiger partial charge on any atom is 0.230 e. The first-order chi connectivity index (χ1) is 11.7. The lowest BCUT2D eigenvalue weighted by atomic mass is 10.3. The number of nitrogens with one attached hydrogen (secondary N) is 1. The monoisotopic (exact) mass is 350 g/mol. The van der Waals surface area contributed by atoms with Crippen molar-refractivity contribution in [1.29, 1.82) is 0 Å². The fourth-order valence-corrected chi connectivity index (χ4v) is 2.72. The number of rotatable bonds is 9. The number of nitrogens with zero attached hydrogens (tertiary/aromatic N) is 3. The molecule has 0 aliphatic carbocycles. The van der Waals surface area contributed by atoms with Gasteiger partial charge in [0.25, 0.3) is 0 Å². The molecule has 0 unspecified atom stereocenters. The Hall–Kier alpha value is -2.35. The molecule has 6 nitrogen and oxygen atoms in total. The van der Waals surface area contributed by atoms with Crippen LogP contribution in [0.25, 0.3) is 0 Å². The third-order valence-electron chi connectivity index (χ3n) is 3.00. The van der Waals surface area contributed by atoms with Gasteiger partial charge in [-0.2, -0.15) is 0 Å². The lowest BCUT2D eigenvalue weighted by Crippen LogP contribution is -2.24. The minimum Gasteiger partial charge on any atom is -0.483 e. The van der Waals surface area contributed by atoms with Crippen LogP contribution in [0.1, 0.15) is 12.7 Å². The molecular weight excluding hydrogens is 331 g/mol. The van der Waals surface area contributed by atoms with E-state index in [1.165, 1.54) is 17.8 Å². The van der Waals surface area contributed by atoms with Gasteiger partial charge in [-0.25, -0.2) is 4.39 Å². The fraction of sp³-hybridized carbons (Fsp3) is 0.312. The van der Waals surface area contributed by atoms with Gasteiger partial charge in [0.05, 0.1) is 5.75 Å². The molecule has 0 bridgehead atoms. The van der Waals surface area contributed by atoms with Gasteiger partial charge in [0.2, 0.25) is 5.91 Å². The van der Waals surface area contributed by atoms with E-state index in [-0.39, 0.29) is 24.0 Å². The first-order valence-electron chi connectivity index (χ1n) is 7.45. The molecule has 1 N–H and O–H groups in total. The number of halogens is 1. The van der Waals surface area contributed by atoms with Crippen LogP contribution in [0.4, 0.5) is 4.39 Å². The van der Waals surface area contributed by atoms with E-state index in [1.54, 1.807) is 28.8 Å². The second kappa shape index (κ2) is 9.07. The number of benzene rings is 1. The number of carbonyl (C=O) groups is 1. The van der Waals surface area contributed by atoms with Crippen LogP contribution in [0.2, 0.25) is 0 Å². The number of carbonyl (C=O) groups excluding carboxylic acids is 1. The quantitative estimate of drug-likeness (QED) is 0.556. The summed E-state index contributed by atoms with van der Waals surface area (Å²) in [6, 6.07) is 6.17. The van der Waals surface area contributed by atoms with Gasteiger partial charge in [0, 0.05) is 13.1 Å². The molecular formula is C16H19FN4O2S. The van der Waals surface area contributed by atoms with Crippen molar-refractivity contribution < 1.29 is 13.9 Å². The normalized spacial score (nSPS) is 10.4. The van der Waals surface area contributed by atoms with Gasteiger partial charge in [0.1, 0.15) is 6.61 Å². The highest BCUT2D eigenvalue weighted by molar-refractivity contribution is 7.99. The molecule has 1 aromatic carbocycles. The minimum absolute atomic E-state index is 0.0696. The number of aromatic nitrogens is 3.